The first-order valence-electron chi connectivity index (χ1n) is 8.93. The lowest BCUT2D eigenvalue weighted by Crippen LogP contribution is -2.49. The minimum Gasteiger partial charge on any atom is -0.304 e. The fraction of sp³-hybridized carbons (Fsp3) is 0.667. The van der Waals surface area contributed by atoms with E-state index in [2.05, 4.69) is 39.4 Å². The van der Waals surface area contributed by atoms with Crippen molar-refractivity contribution in [3.8, 4) is 0 Å². The largest absolute Gasteiger partial charge is 0.304 e. The standard InChI is InChI=1S/C18H27N5/c1-14-17-13-20-18(23(17)8-7-19-14)15-3-5-16(6-4-15)22-11-9-21(2)10-12-22/h7-8,13,15-16H,3-6,9-12H2,1-2H3. The maximum atomic E-state index is 4.73. The first-order chi connectivity index (χ1) is 11.2. The molecular weight excluding hydrogens is 286 g/mol. The van der Waals surface area contributed by atoms with Crippen LogP contribution < -0.4 is 0 Å². The minimum absolute atomic E-state index is 0.600. The number of hydrogen-bond donors (Lipinski definition) is 0. The molecular formula is C18H27N5. The second-order valence-corrected chi connectivity index (χ2v) is 7.23. The molecule has 2 aromatic heterocycles. The van der Waals surface area contributed by atoms with Gasteiger partial charge < -0.3 is 9.30 Å². The van der Waals surface area contributed by atoms with E-state index in [0.717, 1.165) is 17.3 Å². The van der Waals surface area contributed by atoms with E-state index in [1.54, 1.807) is 0 Å². The molecule has 2 aromatic rings. The molecule has 0 N–H and O–H groups in total. The molecule has 0 amide bonds. The van der Waals surface area contributed by atoms with Crippen LogP contribution in [0.15, 0.2) is 18.6 Å². The van der Waals surface area contributed by atoms with Gasteiger partial charge in [0.1, 0.15) is 5.82 Å². The van der Waals surface area contributed by atoms with Crippen LogP contribution in [0.2, 0.25) is 0 Å². The van der Waals surface area contributed by atoms with Gasteiger partial charge in [0.2, 0.25) is 0 Å². The number of hydrogen-bond acceptors (Lipinski definition) is 4. The quantitative estimate of drug-likeness (QED) is 0.852. The Hall–Kier alpha value is -1.46. The van der Waals surface area contributed by atoms with Crippen molar-refractivity contribution in [3.63, 3.8) is 0 Å². The number of imidazole rings is 1. The second-order valence-electron chi connectivity index (χ2n) is 7.23. The molecule has 0 aromatic carbocycles. The van der Waals surface area contributed by atoms with Crippen molar-refractivity contribution in [2.24, 2.45) is 0 Å². The molecule has 4 rings (SSSR count). The Kier molecular flexibility index (Phi) is 4.07. The predicted molar refractivity (Wildman–Crippen MR) is 91.8 cm³/mol. The van der Waals surface area contributed by atoms with Crippen molar-refractivity contribution in [1.29, 1.82) is 0 Å². The van der Waals surface area contributed by atoms with Crippen LogP contribution in [-0.4, -0.2) is 63.4 Å². The van der Waals surface area contributed by atoms with Gasteiger partial charge >= 0.3 is 0 Å². The molecule has 5 heteroatoms. The average molecular weight is 313 g/mol. The first kappa shape index (κ1) is 15.1. The summed E-state index contributed by atoms with van der Waals surface area (Å²) in [7, 11) is 2.23. The van der Waals surface area contributed by atoms with E-state index in [9.17, 15) is 0 Å². The van der Waals surface area contributed by atoms with E-state index in [4.69, 9.17) is 4.98 Å². The monoisotopic (exact) mass is 313 g/mol. The maximum absolute atomic E-state index is 4.73. The number of aromatic nitrogens is 3. The summed E-state index contributed by atoms with van der Waals surface area (Å²) in [4.78, 5) is 14.3. The molecule has 0 radical (unpaired) electrons. The third kappa shape index (κ3) is 2.88. The Bertz CT molecular complexity index is 663. The molecule has 5 nitrogen and oxygen atoms in total. The summed E-state index contributed by atoms with van der Waals surface area (Å²) in [5.74, 6) is 1.84. The van der Waals surface area contributed by atoms with Crippen LogP contribution in [0.1, 0.15) is 43.1 Å². The highest BCUT2D eigenvalue weighted by molar-refractivity contribution is 5.50. The molecule has 0 unspecified atom stereocenters. The fourth-order valence-corrected chi connectivity index (χ4v) is 4.27. The fourth-order valence-electron chi connectivity index (χ4n) is 4.27. The second kappa shape index (κ2) is 6.21. The molecule has 2 fully saturated rings. The normalized spacial score (nSPS) is 27.6. The van der Waals surface area contributed by atoms with Gasteiger partial charge in [-0.15, -0.1) is 0 Å². The highest BCUT2D eigenvalue weighted by atomic mass is 15.3. The van der Waals surface area contributed by atoms with Gasteiger partial charge in [0.25, 0.3) is 0 Å². The average Bonchev–Trinajstić information content (AvgIpc) is 3.01. The SMILES string of the molecule is Cc1nccn2c(C3CCC(N4CCN(C)CC4)CC3)ncc12. The van der Waals surface area contributed by atoms with Crippen LogP contribution in [0.3, 0.4) is 0 Å². The first-order valence-corrected chi connectivity index (χ1v) is 8.93. The van der Waals surface area contributed by atoms with Gasteiger partial charge in [-0.3, -0.25) is 9.88 Å². The summed E-state index contributed by atoms with van der Waals surface area (Å²) in [5, 5.41) is 0. The predicted octanol–water partition coefficient (Wildman–Crippen LogP) is 2.31. The summed E-state index contributed by atoms with van der Waals surface area (Å²) >= 11 is 0. The molecule has 0 spiro atoms. The van der Waals surface area contributed by atoms with Crippen molar-refractivity contribution in [3.05, 3.63) is 30.1 Å². The number of aryl methyl sites for hydroxylation is 1. The van der Waals surface area contributed by atoms with Crippen LogP contribution in [0.4, 0.5) is 0 Å². The molecule has 124 valence electrons. The van der Waals surface area contributed by atoms with Gasteiger partial charge in [0.15, 0.2) is 0 Å². The summed E-state index contributed by atoms with van der Waals surface area (Å²) < 4.78 is 2.25. The molecule has 3 heterocycles. The number of fused-ring (bicyclic) bond motifs is 1. The summed E-state index contributed by atoms with van der Waals surface area (Å²) in [6.07, 6.45) is 11.1. The zero-order valence-electron chi connectivity index (χ0n) is 14.3. The van der Waals surface area contributed by atoms with Crippen molar-refractivity contribution in [1.82, 2.24) is 24.2 Å². The Morgan fingerprint density at radius 2 is 1.74 bits per heavy atom. The van der Waals surface area contributed by atoms with E-state index in [1.165, 1.54) is 57.7 Å². The van der Waals surface area contributed by atoms with Gasteiger partial charge in [-0.25, -0.2) is 4.98 Å². The topological polar surface area (TPSA) is 36.7 Å². The molecule has 1 saturated heterocycles. The van der Waals surface area contributed by atoms with Crippen LogP contribution in [-0.2, 0) is 0 Å². The Labute approximate surface area is 138 Å². The Morgan fingerprint density at radius 1 is 1.00 bits per heavy atom. The van der Waals surface area contributed by atoms with Crippen molar-refractivity contribution in [2.75, 3.05) is 33.2 Å². The highest BCUT2D eigenvalue weighted by Gasteiger charge is 2.29. The van der Waals surface area contributed by atoms with Gasteiger partial charge in [0, 0.05) is 50.5 Å². The van der Waals surface area contributed by atoms with E-state index in [-0.39, 0.29) is 0 Å². The van der Waals surface area contributed by atoms with Gasteiger partial charge in [0.05, 0.1) is 17.4 Å². The molecule has 1 aliphatic heterocycles. The van der Waals surface area contributed by atoms with E-state index in [1.807, 2.05) is 12.4 Å². The lowest BCUT2D eigenvalue weighted by atomic mass is 9.84. The molecule has 0 atom stereocenters. The zero-order chi connectivity index (χ0) is 15.8. The number of likely N-dealkylation sites (N-methyl/N-ethyl adjacent to an activating group) is 1. The zero-order valence-corrected chi connectivity index (χ0v) is 14.3. The molecule has 23 heavy (non-hydrogen) atoms. The lowest BCUT2D eigenvalue weighted by Gasteiger charge is -2.41. The lowest BCUT2D eigenvalue weighted by molar-refractivity contribution is 0.0872. The number of nitrogens with zero attached hydrogens (tertiary/aromatic N) is 5. The molecule has 2 aliphatic rings. The van der Waals surface area contributed by atoms with Crippen molar-refractivity contribution >= 4 is 5.52 Å². The summed E-state index contributed by atoms with van der Waals surface area (Å²) in [5.41, 5.74) is 2.22. The van der Waals surface area contributed by atoms with Crippen LogP contribution in [0.5, 0.6) is 0 Å². The smallest absolute Gasteiger partial charge is 0.116 e. The van der Waals surface area contributed by atoms with Gasteiger partial charge in [-0.1, -0.05) is 0 Å². The molecule has 1 saturated carbocycles. The highest BCUT2D eigenvalue weighted by Crippen LogP contribution is 2.34. The van der Waals surface area contributed by atoms with Crippen molar-refractivity contribution in [2.45, 2.75) is 44.6 Å². The number of piperazine rings is 1. The van der Waals surface area contributed by atoms with E-state index in [0.29, 0.717) is 5.92 Å². The van der Waals surface area contributed by atoms with E-state index >= 15 is 0 Å². The van der Waals surface area contributed by atoms with Crippen LogP contribution in [0, 0.1) is 6.92 Å². The van der Waals surface area contributed by atoms with Crippen molar-refractivity contribution < 1.29 is 0 Å². The molecule has 0 bridgehead atoms. The van der Waals surface area contributed by atoms with Gasteiger partial charge in [-0.2, -0.15) is 0 Å². The Balaban J connectivity index is 1.44. The third-order valence-corrected chi connectivity index (χ3v) is 5.80. The third-order valence-electron chi connectivity index (χ3n) is 5.80. The maximum Gasteiger partial charge on any atom is 0.116 e. The van der Waals surface area contributed by atoms with E-state index < -0.39 is 0 Å². The minimum atomic E-state index is 0.600. The van der Waals surface area contributed by atoms with Crippen LogP contribution in [0.25, 0.3) is 5.52 Å². The van der Waals surface area contributed by atoms with Crippen LogP contribution >= 0.6 is 0 Å². The summed E-state index contributed by atoms with van der Waals surface area (Å²) in [6, 6.07) is 0.787. The summed E-state index contributed by atoms with van der Waals surface area (Å²) in [6.45, 7) is 6.98. The molecule has 1 aliphatic carbocycles. The Morgan fingerprint density at radius 3 is 2.48 bits per heavy atom. The van der Waals surface area contributed by atoms with Gasteiger partial charge in [-0.05, 0) is 39.7 Å². The number of rotatable bonds is 2.